The van der Waals surface area contributed by atoms with E-state index in [0.29, 0.717) is 29.6 Å². The highest BCUT2D eigenvalue weighted by Gasteiger charge is 2.35. The van der Waals surface area contributed by atoms with Gasteiger partial charge in [-0.1, -0.05) is 19.3 Å². The van der Waals surface area contributed by atoms with Crippen molar-refractivity contribution in [3.05, 3.63) is 28.7 Å². The van der Waals surface area contributed by atoms with Crippen LogP contribution in [0.15, 0.2) is 27.4 Å². The molecule has 1 saturated carbocycles. The average molecular weight is 289 g/mol. The third-order valence-corrected chi connectivity index (χ3v) is 4.25. The number of oxazole rings is 1. The number of rotatable bonds is 2. The highest BCUT2D eigenvalue weighted by molar-refractivity contribution is 5.99. The van der Waals surface area contributed by atoms with Crippen molar-refractivity contribution < 1.29 is 9.21 Å². The van der Waals surface area contributed by atoms with Crippen molar-refractivity contribution in [3.63, 3.8) is 0 Å². The van der Waals surface area contributed by atoms with Gasteiger partial charge in [0.25, 0.3) is 0 Å². The predicted octanol–water partition coefficient (Wildman–Crippen LogP) is 1.73. The summed E-state index contributed by atoms with van der Waals surface area (Å²) in [5.74, 6) is -0.578. The monoisotopic (exact) mass is 289 g/mol. The number of nitrogens with zero attached hydrogens (tertiary/aromatic N) is 1. The van der Waals surface area contributed by atoms with E-state index < -0.39 is 11.3 Å². The van der Waals surface area contributed by atoms with Crippen LogP contribution in [0.3, 0.4) is 0 Å². The Morgan fingerprint density at radius 2 is 2.05 bits per heavy atom. The summed E-state index contributed by atoms with van der Waals surface area (Å²) in [6, 6.07) is 5.12. The molecule has 1 aromatic heterocycles. The van der Waals surface area contributed by atoms with E-state index in [0.717, 1.165) is 19.3 Å². The molecule has 0 atom stereocenters. The van der Waals surface area contributed by atoms with Gasteiger partial charge in [-0.3, -0.25) is 9.36 Å². The molecule has 1 aromatic carbocycles. The number of aromatic nitrogens is 1. The average Bonchev–Trinajstić information content (AvgIpc) is 2.75. The number of hydrogen-bond donors (Lipinski definition) is 2. The molecule has 112 valence electrons. The third-order valence-electron chi connectivity index (χ3n) is 4.25. The maximum absolute atomic E-state index is 12.4. The molecule has 1 aliphatic rings. The van der Waals surface area contributed by atoms with Gasteiger partial charge in [-0.2, -0.15) is 0 Å². The lowest BCUT2D eigenvalue weighted by atomic mass is 9.82. The van der Waals surface area contributed by atoms with Gasteiger partial charge in [0.2, 0.25) is 5.91 Å². The fraction of sp³-hybridized carbons (Fsp3) is 0.467. The highest BCUT2D eigenvalue weighted by atomic mass is 16.4. The molecule has 3 N–H and O–H groups in total. The molecule has 0 unspecified atom stereocenters. The van der Waals surface area contributed by atoms with Gasteiger partial charge in [0, 0.05) is 12.7 Å². The number of hydrogen-bond acceptors (Lipinski definition) is 4. The summed E-state index contributed by atoms with van der Waals surface area (Å²) in [6.07, 6.45) is 4.53. The van der Waals surface area contributed by atoms with Crippen molar-refractivity contribution in [1.82, 2.24) is 4.57 Å². The Bertz CT molecular complexity index is 738. The molecular weight excluding hydrogens is 270 g/mol. The summed E-state index contributed by atoms with van der Waals surface area (Å²) >= 11 is 0. The standard InChI is InChI=1S/C15H19N3O3/c1-18-11-9-10(5-6-12(11)21-14(18)20)17-13(19)15(16)7-3-2-4-8-15/h5-6,9H,2-4,7-8,16H2,1H3,(H,17,19). The lowest BCUT2D eigenvalue weighted by molar-refractivity contribution is -0.122. The first-order valence-corrected chi connectivity index (χ1v) is 7.19. The topological polar surface area (TPSA) is 90.3 Å². The number of benzene rings is 1. The van der Waals surface area contributed by atoms with Crippen LogP contribution in [0.5, 0.6) is 0 Å². The van der Waals surface area contributed by atoms with Gasteiger partial charge in [0.15, 0.2) is 5.58 Å². The maximum Gasteiger partial charge on any atom is 0.419 e. The minimum absolute atomic E-state index is 0.157. The molecule has 3 rings (SSSR count). The molecule has 0 spiro atoms. The number of fused-ring (bicyclic) bond motifs is 1. The number of aryl methyl sites for hydroxylation is 1. The number of carbonyl (C=O) groups is 1. The first-order valence-electron chi connectivity index (χ1n) is 7.19. The van der Waals surface area contributed by atoms with Crippen LogP contribution in [0.25, 0.3) is 11.1 Å². The second-order valence-electron chi connectivity index (χ2n) is 5.78. The molecule has 0 radical (unpaired) electrons. The minimum Gasteiger partial charge on any atom is -0.408 e. The first kappa shape index (κ1) is 13.9. The molecule has 2 aromatic rings. The van der Waals surface area contributed by atoms with Gasteiger partial charge in [0.1, 0.15) is 0 Å². The van der Waals surface area contributed by atoms with Crippen molar-refractivity contribution in [2.75, 3.05) is 5.32 Å². The number of anilines is 1. The van der Waals surface area contributed by atoms with E-state index >= 15 is 0 Å². The summed E-state index contributed by atoms with van der Waals surface area (Å²) in [5, 5.41) is 2.86. The molecule has 0 aliphatic heterocycles. The summed E-state index contributed by atoms with van der Waals surface area (Å²) in [6.45, 7) is 0. The lowest BCUT2D eigenvalue weighted by Crippen LogP contribution is -2.52. The fourth-order valence-electron chi connectivity index (χ4n) is 2.87. The zero-order valence-corrected chi connectivity index (χ0v) is 12.0. The summed E-state index contributed by atoms with van der Waals surface area (Å²) < 4.78 is 6.47. The van der Waals surface area contributed by atoms with Crippen molar-refractivity contribution in [1.29, 1.82) is 0 Å². The van der Waals surface area contributed by atoms with Crippen molar-refractivity contribution >= 4 is 22.7 Å². The van der Waals surface area contributed by atoms with Crippen LogP contribution in [0.1, 0.15) is 32.1 Å². The second-order valence-corrected chi connectivity index (χ2v) is 5.78. The Balaban J connectivity index is 1.86. The van der Waals surface area contributed by atoms with Crippen LogP contribution < -0.4 is 16.8 Å². The van der Waals surface area contributed by atoms with E-state index in [4.69, 9.17) is 10.2 Å². The van der Waals surface area contributed by atoms with Crippen LogP contribution in [0.2, 0.25) is 0 Å². The molecule has 0 bridgehead atoms. The van der Waals surface area contributed by atoms with Crippen LogP contribution in [0.4, 0.5) is 5.69 Å². The predicted molar refractivity (Wildman–Crippen MR) is 80.1 cm³/mol. The van der Waals surface area contributed by atoms with E-state index in [2.05, 4.69) is 5.32 Å². The quantitative estimate of drug-likeness (QED) is 0.881. The van der Waals surface area contributed by atoms with Gasteiger partial charge in [-0.25, -0.2) is 4.79 Å². The van der Waals surface area contributed by atoms with Crippen molar-refractivity contribution in [3.8, 4) is 0 Å². The zero-order valence-electron chi connectivity index (χ0n) is 12.0. The fourth-order valence-corrected chi connectivity index (χ4v) is 2.87. The highest BCUT2D eigenvalue weighted by Crippen LogP contribution is 2.27. The van der Waals surface area contributed by atoms with Gasteiger partial charge < -0.3 is 15.5 Å². The Labute approximate surface area is 121 Å². The number of carbonyl (C=O) groups excluding carboxylic acids is 1. The molecular formula is C15H19N3O3. The zero-order chi connectivity index (χ0) is 15.0. The van der Waals surface area contributed by atoms with Gasteiger partial charge in [-0.15, -0.1) is 0 Å². The van der Waals surface area contributed by atoms with Gasteiger partial charge >= 0.3 is 5.76 Å². The largest absolute Gasteiger partial charge is 0.419 e. The molecule has 1 heterocycles. The molecule has 1 amide bonds. The summed E-state index contributed by atoms with van der Waals surface area (Å²) in [4.78, 5) is 23.8. The Morgan fingerprint density at radius 1 is 1.33 bits per heavy atom. The SMILES string of the molecule is Cn1c(=O)oc2ccc(NC(=O)C3(N)CCCCC3)cc21. The Morgan fingerprint density at radius 3 is 2.76 bits per heavy atom. The normalized spacial score (nSPS) is 17.8. The number of nitrogens with two attached hydrogens (primary N) is 1. The van der Waals surface area contributed by atoms with Crippen LogP contribution in [0, 0.1) is 0 Å². The van der Waals surface area contributed by atoms with Crippen LogP contribution in [-0.2, 0) is 11.8 Å². The Kier molecular flexibility index (Phi) is 3.33. The van der Waals surface area contributed by atoms with Crippen LogP contribution >= 0.6 is 0 Å². The van der Waals surface area contributed by atoms with Gasteiger partial charge in [-0.05, 0) is 31.0 Å². The lowest BCUT2D eigenvalue weighted by Gasteiger charge is -2.31. The van der Waals surface area contributed by atoms with E-state index in [1.54, 1.807) is 25.2 Å². The first-order chi connectivity index (χ1) is 9.99. The number of amides is 1. The third kappa shape index (κ3) is 2.47. The van der Waals surface area contributed by atoms with E-state index in [1.165, 1.54) is 4.57 Å². The molecule has 1 fully saturated rings. The molecule has 6 nitrogen and oxygen atoms in total. The van der Waals surface area contributed by atoms with Gasteiger partial charge in [0.05, 0.1) is 11.1 Å². The molecule has 1 aliphatic carbocycles. The summed E-state index contributed by atoms with van der Waals surface area (Å²) in [7, 11) is 1.63. The molecule has 0 saturated heterocycles. The smallest absolute Gasteiger partial charge is 0.408 e. The van der Waals surface area contributed by atoms with E-state index in [1.807, 2.05) is 0 Å². The number of nitrogens with one attached hydrogen (secondary N) is 1. The second kappa shape index (κ2) is 5.04. The summed E-state index contributed by atoms with van der Waals surface area (Å²) in [5.41, 5.74) is 7.20. The van der Waals surface area contributed by atoms with Crippen molar-refractivity contribution in [2.24, 2.45) is 12.8 Å². The van der Waals surface area contributed by atoms with E-state index in [-0.39, 0.29) is 5.91 Å². The minimum atomic E-state index is -0.782. The maximum atomic E-state index is 12.4. The molecule has 21 heavy (non-hydrogen) atoms. The van der Waals surface area contributed by atoms with E-state index in [9.17, 15) is 9.59 Å². The van der Waals surface area contributed by atoms with Crippen molar-refractivity contribution in [2.45, 2.75) is 37.6 Å². The molecule has 6 heteroatoms. The van der Waals surface area contributed by atoms with Crippen LogP contribution in [-0.4, -0.2) is 16.0 Å². The Hall–Kier alpha value is -2.08.